The van der Waals surface area contributed by atoms with Crippen LogP contribution in [0.1, 0.15) is 12.5 Å². The molecule has 1 fully saturated rings. The highest BCUT2D eigenvalue weighted by atomic mass is 32.2. The molecule has 3 rings (SSSR count). The molecule has 0 saturated carbocycles. The maximum absolute atomic E-state index is 13.8. The zero-order chi connectivity index (χ0) is 20.5. The Morgan fingerprint density at radius 1 is 1.07 bits per heavy atom. The van der Waals surface area contributed by atoms with Crippen molar-refractivity contribution in [3.8, 4) is 0 Å². The number of aryl methyl sites for hydroxylation is 1. The monoisotopic (exact) mass is 410 g/mol. The van der Waals surface area contributed by atoms with Gasteiger partial charge in [0.2, 0.25) is 5.91 Å². The summed E-state index contributed by atoms with van der Waals surface area (Å²) in [5, 5.41) is 0.952. The van der Waals surface area contributed by atoms with Crippen molar-refractivity contribution in [2.24, 2.45) is 5.92 Å². The average molecular weight is 410 g/mol. The zero-order valence-corrected chi connectivity index (χ0v) is 16.0. The lowest BCUT2D eigenvalue weighted by Gasteiger charge is -2.21. The molecule has 2 aromatic carbocycles. The van der Waals surface area contributed by atoms with Crippen molar-refractivity contribution < 1.29 is 22.0 Å². The quantitative estimate of drug-likeness (QED) is 0.605. The summed E-state index contributed by atoms with van der Waals surface area (Å²) in [6, 6.07) is 8.78. The number of amides is 1. The molecule has 1 aliphatic rings. The molecule has 4 N–H and O–H groups in total. The van der Waals surface area contributed by atoms with Crippen LogP contribution in [0, 0.1) is 24.5 Å². The minimum atomic E-state index is -4.02. The summed E-state index contributed by atoms with van der Waals surface area (Å²) < 4.78 is 55.2. The number of hydrogen-bond acceptors (Lipinski definition) is 5. The van der Waals surface area contributed by atoms with E-state index in [0.717, 1.165) is 23.8 Å². The first-order valence-electron chi connectivity index (χ1n) is 8.52. The van der Waals surface area contributed by atoms with Crippen molar-refractivity contribution in [1.29, 1.82) is 0 Å². The Bertz CT molecular complexity index is 983. The van der Waals surface area contributed by atoms with Crippen LogP contribution in [0.15, 0.2) is 42.5 Å². The molecule has 0 bridgehead atoms. The summed E-state index contributed by atoms with van der Waals surface area (Å²) in [5.41, 5.74) is 6.27. The number of sulfonamides is 1. The number of hydrogen-bond donors (Lipinski definition) is 4. The second-order valence-electron chi connectivity index (χ2n) is 6.65. The van der Waals surface area contributed by atoms with Crippen molar-refractivity contribution in [1.82, 2.24) is 10.9 Å². The first kappa shape index (κ1) is 20.2. The van der Waals surface area contributed by atoms with Crippen molar-refractivity contribution >= 4 is 27.3 Å². The lowest BCUT2D eigenvalue weighted by Crippen LogP contribution is -2.45. The van der Waals surface area contributed by atoms with E-state index < -0.39 is 44.9 Å². The molecule has 2 aromatic rings. The van der Waals surface area contributed by atoms with Gasteiger partial charge < -0.3 is 5.32 Å². The third kappa shape index (κ3) is 4.29. The molecule has 0 spiro atoms. The highest BCUT2D eigenvalue weighted by molar-refractivity contribution is 7.93. The van der Waals surface area contributed by atoms with Gasteiger partial charge in [-0.05, 0) is 38.1 Å². The minimum Gasteiger partial charge on any atom is -0.323 e. The Hall–Kier alpha value is -2.56. The molecule has 3 atom stereocenters. The van der Waals surface area contributed by atoms with Crippen LogP contribution in [0.5, 0.6) is 0 Å². The van der Waals surface area contributed by atoms with E-state index in [9.17, 15) is 22.0 Å². The summed E-state index contributed by atoms with van der Waals surface area (Å²) in [6.07, 6.45) is 0. The van der Waals surface area contributed by atoms with Crippen molar-refractivity contribution in [2.45, 2.75) is 25.3 Å². The third-order valence-corrected chi connectivity index (χ3v) is 6.05. The number of nitrogens with one attached hydrogen (secondary N) is 4. The predicted molar refractivity (Wildman–Crippen MR) is 102 cm³/mol. The Kier molecular flexibility index (Phi) is 5.64. The van der Waals surface area contributed by atoms with Gasteiger partial charge in [-0.1, -0.05) is 17.7 Å². The average Bonchev–Trinajstić information content (AvgIpc) is 3.02. The van der Waals surface area contributed by atoms with E-state index in [4.69, 9.17) is 0 Å². The van der Waals surface area contributed by atoms with Crippen LogP contribution in [-0.2, 0) is 14.8 Å². The van der Waals surface area contributed by atoms with Crippen LogP contribution in [0.2, 0.25) is 0 Å². The maximum Gasteiger partial charge on any atom is 0.250 e. The Labute approximate surface area is 161 Å². The number of rotatable bonds is 5. The van der Waals surface area contributed by atoms with Gasteiger partial charge in [0.15, 0.2) is 5.37 Å². The highest BCUT2D eigenvalue weighted by Gasteiger charge is 2.46. The second kappa shape index (κ2) is 7.82. The van der Waals surface area contributed by atoms with E-state index in [2.05, 4.69) is 20.9 Å². The first-order chi connectivity index (χ1) is 13.2. The zero-order valence-electron chi connectivity index (χ0n) is 15.2. The van der Waals surface area contributed by atoms with E-state index in [1.807, 2.05) is 6.92 Å². The molecule has 0 aromatic heterocycles. The number of hydrazine groups is 1. The number of carbonyl (C=O) groups excluding carboxylic acids is 1. The summed E-state index contributed by atoms with van der Waals surface area (Å²) >= 11 is 0. The molecule has 1 saturated heterocycles. The molecule has 3 unspecified atom stereocenters. The summed E-state index contributed by atoms with van der Waals surface area (Å²) in [6.45, 7) is 3.48. The third-order valence-electron chi connectivity index (χ3n) is 4.45. The number of halogens is 2. The molecule has 1 amide bonds. The van der Waals surface area contributed by atoms with Gasteiger partial charge >= 0.3 is 0 Å². The molecule has 1 heterocycles. The van der Waals surface area contributed by atoms with E-state index in [0.29, 0.717) is 5.69 Å². The fourth-order valence-corrected chi connectivity index (χ4v) is 4.51. The van der Waals surface area contributed by atoms with Gasteiger partial charge in [0, 0.05) is 17.8 Å². The molecule has 1 aliphatic heterocycles. The van der Waals surface area contributed by atoms with Crippen LogP contribution in [0.4, 0.5) is 20.2 Å². The Morgan fingerprint density at radius 3 is 2.43 bits per heavy atom. The van der Waals surface area contributed by atoms with Gasteiger partial charge in [-0.25, -0.2) is 22.6 Å². The molecule has 150 valence electrons. The van der Waals surface area contributed by atoms with Gasteiger partial charge in [-0.3, -0.25) is 14.9 Å². The lowest BCUT2D eigenvalue weighted by molar-refractivity contribution is -0.119. The first-order valence-corrected chi connectivity index (χ1v) is 10.1. The van der Waals surface area contributed by atoms with Crippen LogP contribution >= 0.6 is 0 Å². The van der Waals surface area contributed by atoms with Crippen LogP contribution in [0.3, 0.4) is 0 Å². The van der Waals surface area contributed by atoms with Crippen molar-refractivity contribution in [2.75, 3.05) is 10.0 Å². The number of benzene rings is 2. The molecular weight excluding hydrogens is 390 g/mol. The molecule has 10 heteroatoms. The maximum atomic E-state index is 13.8. The number of carbonyl (C=O) groups is 1. The predicted octanol–water partition coefficient (Wildman–Crippen LogP) is 2.09. The summed E-state index contributed by atoms with van der Waals surface area (Å²) in [5.74, 6) is -3.39. The standard InChI is InChI=1S/C18H20F2N4O3S/c1-10-3-6-13(7-4-10)24-28(26,27)18-16(11(2)22-23-18)17(25)21-15-9-12(19)5-8-14(15)20/h3-9,11,16,18,22-24H,1-2H3,(H,21,25). The SMILES string of the molecule is Cc1ccc(NS(=O)(=O)C2NNC(C)C2C(=O)Nc2cc(F)ccc2F)cc1. The van der Waals surface area contributed by atoms with Gasteiger partial charge in [-0.15, -0.1) is 0 Å². The van der Waals surface area contributed by atoms with Crippen molar-refractivity contribution in [3.05, 3.63) is 59.7 Å². The summed E-state index contributed by atoms with van der Waals surface area (Å²) in [7, 11) is -4.02. The molecule has 28 heavy (non-hydrogen) atoms. The lowest BCUT2D eigenvalue weighted by atomic mass is 10.0. The smallest absolute Gasteiger partial charge is 0.250 e. The fourth-order valence-electron chi connectivity index (χ4n) is 2.95. The van der Waals surface area contributed by atoms with E-state index in [1.54, 1.807) is 31.2 Å². The van der Waals surface area contributed by atoms with Gasteiger partial charge in [-0.2, -0.15) is 0 Å². The summed E-state index contributed by atoms with van der Waals surface area (Å²) in [4.78, 5) is 12.7. The normalized spacial score (nSPS) is 22.1. The minimum absolute atomic E-state index is 0.349. The van der Waals surface area contributed by atoms with Crippen molar-refractivity contribution in [3.63, 3.8) is 0 Å². The van der Waals surface area contributed by atoms with Gasteiger partial charge in [0.1, 0.15) is 11.6 Å². The molecule has 7 nitrogen and oxygen atoms in total. The van der Waals surface area contributed by atoms with Crippen LogP contribution in [-0.4, -0.2) is 25.7 Å². The van der Waals surface area contributed by atoms with Crippen LogP contribution in [0.25, 0.3) is 0 Å². The largest absolute Gasteiger partial charge is 0.323 e. The number of anilines is 2. The Balaban J connectivity index is 1.81. The molecule has 0 radical (unpaired) electrons. The topological polar surface area (TPSA) is 99.3 Å². The fraction of sp³-hybridized carbons (Fsp3) is 0.278. The van der Waals surface area contributed by atoms with Crippen LogP contribution < -0.4 is 20.9 Å². The molecular formula is C18H20F2N4O3S. The second-order valence-corrected chi connectivity index (χ2v) is 8.45. The van der Waals surface area contributed by atoms with Gasteiger partial charge in [0.05, 0.1) is 11.6 Å². The Morgan fingerprint density at radius 2 is 1.75 bits per heavy atom. The van der Waals surface area contributed by atoms with E-state index in [-0.39, 0.29) is 5.69 Å². The molecule has 0 aliphatic carbocycles. The highest BCUT2D eigenvalue weighted by Crippen LogP contribution is 2.25. The van der Waals surface area contributed by atoms with E-state index in [1.165, 1.54) is 0 Å². The van der Waals surface area contributed by atoms with E-state index >= 15 is 0 Å². The van der Waals surface area contributed by atoms with Gasteiger partial charge in [0.25, 0.3) is 10.0 Å².